The first-order valence-corrected chi connectivity index (χ1v) is 11.2. The van der Waals surface area contributed by atoms with Crippen molar-refractivity contribution < 1.29 is 14.3 Å². The number of amides is 1. The van der Waals surface area contributed by atoms with E-state index in [0.29, 0.717) is 10.6 Å². The lowest BCUT2D eigenvalue weighted by Crippen LogP contribution is -2.17. The van der Waals surface area contributed by atoms with Gasteiger partial charge in [-0.1, -0.05) is 6.07 Å². The third kappa shape index (κ3) is 3.83. The molecule has 0 saturated heterocycles. The van der Waals surface area contributed by atoms with Gasteiger partial charge < -0.3 is 10.1 Å². The minimum absolute atomic E-state index is 0.165. The predicted octanol–water partition coefficient (Wildman–Crippen LogP) is 4.78. The molecular weight excluding hydrogens is 400 g/mol. The first kappa shape index (κ1) is 18.3. The number of thiophene rings is 2. The van der Waals surface area contributed by atoms with Crippen molar-refractivity contribution >= 4 is 50.9 Å². The molecule has 4 rings (SSSR count). The molecule has 5 nitrogen and oxygen atoms in total. The second kappa shape index (κ2) is 7.92. The second-order valence-corrected chi connectivity index (χ2v) is 9.16. The highest BCUT2D eigenvalue weighted by Gasteiger charge is 2.27. The van der Waals surface area contributed by atoms with Gasteiger partial charge in [0.1, 0.15) is 10.0 Å². The van der Waals surface area contributed by atoms with Crippen LogP contribution in [0.1, 0.15) is 39.3 Å². The summed E-state index contributed by atoms with van der Waals surface area (Å²) in [5, 5.41) is 8.37. The number of methoxy groups -OCH3 is 1. The molecule has 3 heterocycles. The Kier molecular flexibility index (Phi) is 5.38. The van der Waals surface area contributed by atoms with Crippen LogP contribution in [0.2, 0.25) is 0 Å². The molecule has 1 aliphatic rings. The zero-order valence-electron chi connectivity index (χ0n) is 14.7. The number of carbonyl (C=O) groups is 2. The van der Waals surface area contributed by atoms with Crippen molar-refractivity contribution in [1.82, 2.24) is 4.98 Å². The summed E-state index contributed by atoms with van der Waals surface area (Å²) in [7, 11) is 1.38. The number of ether oxygens (including phenoxy) is 1. The number of aromatic nitrogens is 1. The maximum Gasteiger partial charge on any atom is 0.341 e. The van der Waals surface area contributed by atoms with Crippen LogP contribution in [0.5, 0.6) is 0 Å². The highest BCUT2D eigenvalue weighted by molar-refractivity contribution is 7.20. The van der Waals surface area contributed by atoms with E-state index in [1.54, 1.807) is 11.3 Å². The minimum Gasteiger partial charge on any atom is -0.465 e. The average Bonchev–Trinajstić information content (AvgIpc) is 3.40. The number of thiazole rings is 1. The van der Waals surface area contributed by atoms with Crippen LogP contribution in [0.25, 0.3) is 9.88 Å². The summed E-state index contributed by atoms with van der Waals surface area (Å²) in [5.41, 5.74) is 2.31. The molecule has 1 aliphatic carbocycles. The van der Waals surface area contributed by atoms with Crippen molar-refractivity contribution in [3.63, 3.8) is 0 Å². The summed E-state index contributed by atoms with van der Waals surface area (Å²) in [6.07, 6.45) is 4.18. The van der Waals surface area contributed by atoms with Gasteiger partial charge in [0.2, 0.25) is 5.91 Å². The topological polar surface area (TPSA) is 68.3 Å². The van der Waals surface area contributed by atoms with E-state index in [-0.39, 0.29) is 18.3 Å². The van der Waals surface area contributed by atoms with E-state index in [4.69, 9.17) is 4.74 Å². The van der Waals surface area contributed by atoms with Crippen molar-refractivity contribution in [2.24, 2.45) is 0 Å². The van der Waals surface area contributed by atoms with Gasteiger partial charge in [0.15, 0.2) is 0 Å². The first-order chi connectivity index (χ1) is 13.2. The molecular formula is C19H18N2O3S3. The van der Waals surface area contributed by atoms with Crippen LogP contribution in [0, 0.1) is 0 Å². The number of anilines is 1. The largest absolute Gasteiger partial charge is 0.465 e. The Morgan fingerprint density at radius 3 is 2.89 bits per heavy atom. The van der Waals surface area contributed by atoms with E-state index < -0.39 is 0 Å². The van der Waals surface area contributed by atoms with Gasteiger partial charge in [0.25, 0.3) is 0 Å². The Bertz CT molecular complexity index is 973. The van der Waals surface area contributed by atoms with Crippen LogP contribution >= 0.6 is 34.0 Å². The smallest absolute Gasteiger partial charge is 0.341 e. The lowest BCUT2D eigenvalue weighted by Gasteiger charge is -2.11. The molecule has 8 heteroatoms. The standard InChI is InChI=1S/C19H18N2O3S3/c1-24-19(23)16-12-5-2-3-6-13(12)27-18(16)21-15(22)9-11-10-26-17(20-11)14-7-4-8-25-14/h4,7-8,10H,2-3,5-6,9H2,1H3,(H,21,22). The number of hydrogen-bond acceptors (Lipinski definition) is 7. The fourth-order valence-electron chi connectivity index (χ4n) is 3.21. The molecule has 140 valence electrons. The molecule has 0 aromatic carbocycles. The molecule has 0 aliphatic heterocycles. The molecule has 0 unspecified atom stereocenters. The lowest BCUT2D eigenvalue weighted by atomic mass is 9.95. The lowest BCUT2D eigenvalue weighted by molar-refractivity contribution is -0.115. The molecule has 0 atom stereocenters. The molecule has 0 bridgehead atoms. The first-order valence-electron chi connectivity index (χ1n) is 8.66. The van der Waals surface area contributed by atoms with Crippen molar-refractivity contribution in [1.29, 1.82) is 0 Å². The fourth-order valence-corrected chi connectivity index (χ4v) is 6.14. The normalized spacial score (nSPS) is 13.2. The highest BCUT2D eigenvalue weighted by Crippen LogP contribution is 2.38. The Morgan fingerprint density at radius 2 is 2.11 bits per heavy atom. The summed E-state index contributed by atoms with van der Waals surface area (Å²) < 4.78 is 4.95. The summed E-state index contributed by atoms with van der Waals surface area (Å²) in [4.78, 5) is 31.7. The van der Waals surface area contributed by atoms with Crippen LogP contribution < -0.4 is 5.32 Å². The van der Waals surface area contributed by atoms with Crippen LogP contribution in [0.4, 0.5) is 5.00 Å². The number of nitrogens with zero attached hydrogens (tertiary/aromatic N) is 1. The molecule has 0 fully saturated rings. The van der Waals surface area contributed by atoms with Gasteiger partial charge in [0, 0.05) is 10.3 Å². The highest BCUT2D eigenvalue weighted by atomic mass is 32.1. The van der Waals surface area contributed by atoms with Crippen molar-refractivity contribution in [3.05, 3.63) is 44.6 Å². The monoisotopic (exact) mass is 418 g/mol. The molecule has 1 N–H and O–H groups in total. The number of rotatable bonds is 5. The van der Waals surface area contributed by atoms with Gasteiger partial charge in [0.05, 0.1) is 29.7 Å². The van der Waals surface area contributed by atoms with Crippen LogP contribution in [0.3, 0.4) is 0 Å². The van der Waals surface area contributed by atoms with Gasteiger partial charge in [-0.3, -0.25) is 4.79 Å². The number of carbonyl (C=O) groups excluding carboxylic acids is 2. The second-order valence-electron chi connectivity index (χ2n) is 6.25. The van der Waals surface area contributed by atoms with Gasteiger partial charge >= 0.3 is 5.97 Å². The van der Waals surface area contributed by atoms with E-state index in [9.17, 15) is 9.59 Å². The fraction of sp³-hybridized carbons (Fsp3) is 0.316. The molecule has 3 aromatic heterocycles. The summed E-state index contributed by atoms with van der Waals surface area (Å²) >= 11 is 4.67. The number of nitrogens with one attached hydrogen (secondary N) is 1. The Balaban J connectivity index is 1.51. The van der Waals surface area contributed by atoms with Gasteiger partial charge in [-0.2, -0.15) is 0 Å². The molecule has 0 spiro atoms. The van der Waals surface area contributed by atoms with Gasteiger partial charge in [-0.15, -0.1) is 34.0 Å². The Morgan fingerprint density at radius 1 is 1.26 bits per heavy atom. The van der Waals surface area contributed by atoms with Crippen LogP contribution in [-0.2, 0) is 28.8 Å². The molecule has 0 saturated carbocycles. The summed E-state index contributed by atoms with van der Waals surface area (Å²) in [6, 6.07) is 4.01. The number of esters is 1. The molecule has 1 amide bonds. The Hall–Kier alpha value is -2.03. The third-order valence-corrected chi connectivity index (χ3v) is 7.58. The maximum absolute atomic E-state index is 12.6. The average molecular weight is 419 g/mol. The molecule has 27 heavy (non-hydrogen) atoms. The van der Waals surface area contributed by atoms with Crippen LogP contribution in [-0.4, -0.2) is 24.0 Å². The zero-order chi connectivity index (χ0) is 18.8. The van der Waals surface area contributed by atoms with E-state index in [1.165, 1.54) is 34.7 Å². The van der Waals surface area contributed by atoms with E-state index in [2.05, 4.69) is 10.3 Å². The van der Waals surface area contributed by atoms with Crippen molar-refractivity contribution in [3.8, 4) is 9.88 Å². The minimum atomic E-state index is -0.377. The van der Waals surface area contributed by atoms with E-state index >= 15 is 0 Å². The van der Waals surface area contributed by atoms with Gasteiger partial charge in [-0.05, 0) is 42.7 Å². The van der Waals surface area contributed by atoms with Crippen molar-refractivity contribution in [2.45, 2.75) is 32.1 Å². The zero-order valence-corrected chi connectivity index (χ0v) is 17.2. The number of hydrogen-bond donors (Lipinski definition) is 1. The third-order valence-electron chi connectivity index (χ3n) is 4.44. The Labute approximate surface area is 169 Å². The predicted molar refractivity (Wildman–Crippen MR) is 110 cm³/mol. The summed E-state index contributed by atoms with van der Waals surface area (Å²) in [6.45, 7) is 0. The maximum atomic E-state index is 12.6. The number of fused-ring (bicyclic) bond motifs is 1. The van der Waals surface area contributed by atoms with E-state index in [1.807, 2.05) is 22.9 Å². The number of aryl methyl sites for hydroxylation is 1. The quantitative estimate of drug-likeness (QED) is 0.606. The SMILES string of the molecule is COC(=O)c1c(NC(=O)Cc2csc(-c3cccs3)n2)sc2c1CCCC2. The van der Waals surface area contributed by atoms with E-state index in [0.717, 1.165) is 46.8 Å². The molecule has 0 radical (unpaired) electrons. The van der Waals surface area contributed by atoms with Gasteiger partial charge in [-0.25, -0.2) is 9.78 Å². The van der Waals surface area contributed by atoms with Crippen molar-refractivity contribution in [2.75, 3.05) is 12.4 Å². The molecule has 3 aromatic rings. The van der Waals surface area contributed by atoms with Crippen LogP contribution in [0.15, 0.2) is 22.9 Å². The summed E-state index contributed by atoms with van der Waals surface area (Å²) in [5.74, 6) is -0.542.